The lowest BCUT2D eigenvalue weighted by Gasteiger charge is -2.19. The summed E-state index contributed by atoms with van der Waals surface area (Å²) >= 11 is 0. The smallest absolute Gasteiger partial charge is 0.313 e. The molecule has 3 rings (SSSR count). The fourth-order valence-electron chi connectivity index (χ4n) is 3.03. The Morgan fingerprint density at radius 2 is 1.71 bits per heavy atom. The minimum Gasteiger partial charge on any atom is -0.341 e. The molecule has 0 radical (unpaired) electrons. The first kappa shape index (κ1) is 21.7. The minimum absolute atomic E-state index is 0.0294. The largest absolute Gasteiger partial charge is 0.341 e. The van der Waals surface area contributed by atoms with E-state index in [-0.39, 0.29) is 12.5 Å². The van der Waals surface area contributed by atoms with Gasteiger partial charge in [0.15, 0.2) is 5.82 Å². The highest BCUT2D eigenvalue weighted by molar-refractivity contribution is 6.39. The highest BCUT2D eigenvalue weighted by atomic mass is 16.2. The summed E-state index contributed by atoms with van der Waals surface area (Å²) in [6.07, 6.45) is 1.54. The third kappa shape index (κ3) is 5.33. The molecule has 1 aromatic heterocycles. The maximum Gasteiger partial charge on any atom is 0.313 e. The second-order valence-corrected chi connectivity index (χ2v) is 6.65. The quantitative estimate of drug-likeness (QED) is 0.568. The molecule has 160 valence electrons. The van der Waals surface area contributed by atoms with Gasteiger partial charge >= 0.3 is 11.8 Å². The Balaban J connectivity index is 1.61. The standard InChI is InChI=1S/C22H24N6O3/c1-3-27(4-2)22(31)16-9-8-10-17(13-16)25-21(30)20(29)23-14-19-26-24-15-28(19)18-11-6-5-7-12-18/h5-13,15H,3-4,14H2,1-2H3,(H,23,29)(H,25,30). The molecule has 0 aliphatic heterocycles. The number of carbonyl (C=O) groups excluding carboxylic acids is 3. The van der Waals surface area contributed by atoms with Crippen molar-refractivity contribution in [2.45, 2.75) is 20.4 Å². The number of nitrogens with zero attached hydrogens (tertiary/aromatic N) is 4. The van der Waals surface area contributed by atoms with E-state index in [1.165, 1.54) is 6.33 Å². The van der Waals surface area contributed by atoms with Crippen molar-refractivity contribution in [3.8, 4) is 5.69 Å². The van der Waals surface area contributed by atoms with E-state index in [9.17, 15) is 14.4 Å². The van der Waals surface area contributed by atoms with Gasteiger partial charge in [0.25, 0.3) is 5.91 Å². The van der Waals surface area contributed by atoms with E-state index in [0.29, 0.717) is 30.2 Å². The third-order valence-corrected chi connectivity index (χ3v) is 4.68. The zero-order valence-electron chi connectivity index (χ0n) is 17.4. The van der Waals surface area contributed by atoms with Crippen LogP contribution in [0.5, 0.6) is 0 Å². The van der Waals surface area contributed by atoms with Crippen LogP contribution in [0, 0.1) is 0 Å². The maximum atomic E-state index is 12.5. The molecule has 1 heterocycles. The van der Waals surface area contributed by atoms with Crippen molar-refractivity contribution in [2.24, 2.45) is 0 Å². The Hall–Kier alpha value is -4.01. The van der Waals surface area contributed by atoms with E-state index >= 15 is 0 Å². The summed E-state index contributed by atoms with van der Waals surface area (Å²) in [5.74, 6) is -1.30. The van der Waals surface area contributed by atoms with Gasteiger partial charge < -0.3 is 15.5 Å². The second-order valence-electron chi connectivity index (χ2n) is 6.65. The van der Waals surface area contributed by atoms with Crippen LogP contribution in [0.1, 0.15) is 30.0 Å². The molecular weight excluding hydrogens is 396 g/mol. The van der Waals surface area contributed by atoms with Crippen molar-refractivity contribution >= 4 is 23.4 Å². The minimum atomic E-state index is -0.835. The van der Waals surface area contributed by atoms with E-state index in [4.69, 9.17) is 0 Å². The average molecular weight is 420 g/mol. The zero-order valence-corrected chi connectivity index (χ0v) is 17.4. The van der Waals surface area contributed by atoms with E-state index in [1.807, 2.05) is 44.2 Å². The summed E-state index contributed by atoms with van der Waals surface area (Å²) < 4.78 is 1.72. The third-order valence-electron chi connectivity index (χ3n) is 4.68. The molecule has 9 heteroatoms. The van der Waals surface area contributed by atoms with Gasteiger partial charge in [-0.25, -0.2) is 0 Å². The summed E-state index contributed by atoms with van der Waals surface area (Å²) in [7, 11) is 0. The van der Waals surface area contributed by atoms with E-state index in [0.717, 1.165) is 5.69 Å². The SMILES string of the molecule is CCN(CC)C(=O)c1cccc(NC(=O)C(=O)NCc2nncn2-c2ccccc2)c1. The molecule has 9 nitrogen and oxygen atoms in total. The van der Waals surface area contributed by atoms with E-state index in [2.05, 4.69) is 20.8 Å². The van der Waals surface area contributed by atoms with Gasteiger partial charge in [-0.1, -0.05) is 24.3 Å². The molecular formula is C22H24N6O3. The molecule has 3 aromatic rings. The van der Waals surface area contributed by atoms with Crippen molar-refractivity contribution < 1.29 is 14.4 Å². The van der Waals surface area contributed by atoms with Gasteiger partial charge in [0.2, 0.25) is 0 Å². The number of rotatable bonds is 7. The molecule has 0 spiro atoms. The zero-order chi connectivity index (χ0) is 22.2. The molecule has 3 amide bonds. The van der Waals surface area contributed by atoms with Gasteiger partial charge in [-0.3, -0.25) is 19.0 Å². The Bertz CT molecular complexity index is 1060. The van der Waals surface area contributed by atoms with Gasteiger partial charge in [-0.15, -0.1) is 10.2 Å². The van der Waals surface area contributed by atoms with Gasteiger partial charge in [-0.2, -0.15) is 0 Å². The van der Waals surface area contributed by atoms with Crippen LogP contribution < -0.4 is 10.6 Å². The first-order valence-corrected chi connectivity index (χ1v) is 9.96. The molecule has 0 aliphatic carbocycles. The van der Waals surface area contributed by atoms with Crippen LogP contribution in [-0.4, -0.2) is 50.5 Å². The van der Waals surface area contributed by atoms with Crippen LogP contribution in [-0.2, 0) is 16.1 Å². The lowest BCUT2D eigenvalue weighted by atomic mass is 10.1. The van der Waals surface area contributed by atoms with Gasteiger partial charge in [0, 0.05) is 30.0 Å². The number of anilines is 1. The molecule has 2 aromatic carbocycles. The normalized spacial score (nSPS) is 10.4. The molecule has 0 bridgehead atoms. The van der Waals surface area contributed by atoms with Crippen molar-refractivity contribution in [1.29, 1.82) is 0 Å². The van der Waals surface area contributed by atoms with Crippen molar-refractivity contribution in [2.75, 3.05) is 18.4 Å². The Morgan fingerprint density at radius 1 is 0.968 bits per heavy atom. The highest BCUT2D eigenvalue weighted by Gasteiger charge is 2.17. The fraction of sp³-hybridized carbons (Fsp3) is 0.227. The molecule has 0 saturated carbocycles. The lowest BCUT2D eigenvalue weighted by Crippen LogP contribution is -2.35. The highest BCUT2D eigenvalue weighted by Crippen LogP contribution is 2.13. The van der Waals surface area contributed by atoms with Crippen molar-refractivity contribution in [1.82, 2.24) is 25.0 Å². The molecule has 2 N–H and O–H groups in total. The van der Waals surface area contributed by atoms with Crippen LogP contribution in [0.15, 0.2) is 60.9 Å². The van der Waals surface area contributed by atoms with E-state index in [1.54, 1.807) is 33.7 Å². The summed E-state index contributed by atoms with van der Waals surface area (Å²) in [4.78, 5) is 38.7. The second kappa shape index (κ2) is 10.1. The average Bonchev–Trinajstić information content (AvgIpc) is 3.27. The molecule has 0 aliphatic rings. The number of carbonyl (C=O) groups is 3. The molecule has 0 fully saturated rings. The van der Waals surface area contributed by atoms with Crippen LogP contribution in [0.4, 0.5) is 5.69 Å². The van der Waals surface area contributed by atoms with Crippen molar-refractivity contribution in [3.05, 3.63) is 72.3 Å². The fourth-order valence-corrected chi connectivity index (χ4v) is 3.03. The Labute approximate surface area is 180 Å². The number of hydrogen-bond donors (Lipinski definition) is 2. The first-order valence-electron chi connectivity index (χ1n) is 9.96. The number of nitrogens with one attached hydrogen (secondary N) is 2. The van der Waals surface area contributed by atoms with Crippen LogP contribution in [0.25, 0.3) is 5.69 Å². The van der Waals surface area contributed by atoms with Crippen LogP contribution in [0.2, 0.25) is 0 Å². The van der Waals surface area contributed by atoms with Gasteiger partial charge in [0.1, 0.15) is 6.33 Å². The molecule has 0 atom stereocenters. The summed E-state index contributed by atoms with van der Waals surface area (Å²) in [5, 5.41) is 12.9. The monoisotopic (exact) mass is 420 g/mol. The summed E-state index contributed by atoms with van der Waals surface area (Å²) in [6, 6.07) is 15.9. The number of aromatic nitrogens is 3. The topological polar surface area (TPSA) is 109 Å². The van der Waals surface area contributed by atoms with E-state index < -0.39 is 11.8 Å². The molecule has 31 heavy (non-hydrogen) atoms. The predicted molar refractivity (Wildman–Crippen MR) is 116 cm³/mol. The van der Waals surface area contributed by atoms with Crippen LogP contribution >= 0.6 is 0 Å². The number of hydrogen-bond acceptors (Lipinski definition) is 5. The van der Waals surface area contributed by atoms with Gasteiger partial charge in [0.05, 0.1) is 6.54 Å². The van der Waals surface area contributed by atoms with Gasteiger partial charge in [-0.05, 0) is 44.2 Å². The van der Waals surface area contributed by atoms with Crippen molar-refractivity contribution in [3.63, 3.8) is 0 Å². The predicted octanol–water partition coefficient (Wildman–Crippen LogP) is 2.00. The maximum absolute atomic E-state index is 12.5. The first-order chi connectivity index (χ1) is 15.0. The Morgan fingerprint density at radius 3 is 2.42 bits per heavy atom. The molecule has 0 unspecified atom stereocenters. The lowest BCUT2D eigenvalue weighted by molar-refractivity contribution is -0.136. The molecule has 0 saturated heterocycles. The summed E-state index contributed by atoms with van der Waals surface area (Å²) in [5.41, 5.74) is 1.65. The number of para-hydroxylation sites is 1. The Kier molecular flexibility index (Phi) is 7.10. The van der Waals surface area contributed by atoms with Crippen LogP contribution in [0.3, 0.4) is 0 Å². The number of amides is 3. The number of benzene rings is 2. The summed E-state index contributed by atoms with van der Waals surface area (Å²) in [6.45, 7) is 5.00.